The molecule has 0 nitrogen and oxygen atoms in total. The van der Waals surface area contributed by atoms with Crippen molar-refractivity contribution in [1.82, 2.24) is 0 Å². The molecule has 0 aromatic heterocycles. The first-order chi connectivity index (χ1) is 6.95. The SMILES string of the molecule is C1=CC(SCc2ccccc2)=CCC1. The number of thioether (sulfide) groups is 1. The van der Waals surface area contributed by atoms with Gasteiger partial charge in [-0.25, -0.2) is 0 Å². The third kappa shape index (κ3) is 2.78. The first-order valence-electron chi connectivity index (χ1n) is 4.98. The molecule has 1 aromatic rings. The molecule has 0 heterocycles. The molecule has 0 amide bonds. The highest BCUT2D eigenvalue weighted by Crippen LogP contribution is 2.25. The molecule has 0 bridgehead atoms. The summed E-state index contributed by atoms with van der Waals surface area (Å²) >= 11 is 1.92. The number of allylic oxidation sites excluding steroid dienone is 3. The van der Waals surface area contributed by atoms with Crippen LogP contribution in [0, 0.1) is 0 Å². The Balaban J connectivity index is 1.88. The summed E-state index contributed by atoms with van der Waals surface area (Å²) < 4.78 is 0. The molecule has 2 rings (SSSR count). The lowest BCUT2D eigenvalue weighted by atomic mass is 10.2. The van der Waals surface area contributed by atoms with E-state index in [4.69, 9.17) is 0 Å². The molecule has 1 heteroatoms. The predicted molar refractivity (Wildman–Crippen MR) is 64.2 cm³/mol. The number of rotatable bonds is 3. The van der Waals surface area contributed by atoms with Gasteiger partial charge in [0, 0.05) is 10.7 Å². The van der Waals surface area contributed by atoms with Gasteiger partial charge in [0.25, 0.3) is 0 Å². The Morgan fingerprint density at radius 3 is 2.64 bits per heavy atom. The molecule has 0 aliphatic heterocycles. The van der Waals surface area contributed by atoms with Crippen LogP contribution in [0.1, 0.15) is 18.4 Å². The van der Waals surface area contributed by atoms with Crippen molar-refractivity contribution in [3.05, 3.63) is 59.0 Å². The number of hydrogen-bond donors (Lipinski definition) is 0. The van der Waals surface area contributed by atoms with E-state index in [-0.39, 0.29) is 0 Å². The van der Waals surface area contributed by atoms with Crippen molar-refractivity contribution in [2.45, 2.75) is 18.6 Å². The second-order valence-electron chi connectivity index (χ2n) is 3.36. The average molecular weight is 202 g/mol. The van der Waals surface area contributed by atoms with E-state index >= 15 is 0 Å². The van der Waals surface area contributed by atoms with Gasteiger partial charge in [-0.1, -0.05) is 48.6 Å². The van der Waals surface area contributed by atoms with Gasteiger partial charge in [0.1, 0.15) is 0 Å². The fraction of sp³-hybridized carbons (Fsp3) is 0.231. The van der Waals surface area contributed by atoms with Crippen molar-refractivity contribution >= 4 is 11.8 Å². The third-order valence-corrected chi connectivity index (χ3v) is 3.32. The summed E-state index contributed by atoms with van der Waals surface area (Å²) in [6, 6.07) is 10.6. The second-order valence-corrected chi connectivity index (χ2v) is 4.41. The predicted octanol–water partition coefficient (Wildman–Crippen LogP) is 4.15. The van der Waals surface area contributed by atoms with Crippen LogP contribution in [0.3, 0.4) is 0 Å². The Bertz CT molecular complexity index is 336. The summed E-state index contributed by atoms with van der Waals surface area (Å²) in [5.74, 6) is 1.08. The van der Waals surface area contributed by atoms with E-state index in [1.807, 2.05) is 11.8 Å². The van der Waals surface area contributed by atoms with Crippen LogP contribution in [-0.2, 0) is 5.75 Å². The van der Waals surface area contributed by atoms with Gasteiger partial charge in [0.15, 0.2) is 0 Å². The Labute approximate surface area is 89.7 Å². The van der Waals surface area contributed by atoms with Crippen molar-refractivity contribution in [3.8, 4) is 0 Å². The molecule has 72 valence electrons. The van der Waals surface area contributed by atoms with Crippen LogP contribution in [0.5, 0.6) is 0 Å². The van der Waals surface area contributed by atoms with Crippen molar-refractivity contribution in [1.29, 1.82) is 0 Å². The van der Waals surface area contributed by atoms with Gasteiger partial charge in [0.2, 0.25) is 0 Å². The van der Waals surface area contributed by atoms with E-state index in [2.05, 4.69) is 48.6 Å². The summed E-state index contributed by atoms with van der Waals surface area (Å²) in [7, 11) is 0. The molecule has 1 aliphatic carbocycles. The van der Waals surface area contributed by atoms with E-state index in [1.165, 1.54) is 23.3 Å². The van der Waals surface area contributed by atoms with Gasteiger partial charge >= 0.3 is 0 Å². The number of benzene rings is 1. The van der Waals surface area contributed by atoms with E-state index in [0.29, 0.717) is 0 Å². The zero-order chi connectivity index (χ0) is 9.64. The first kappa shape index (κ1) is 9.60. The third-order valence-electron chi connectivity index (χ3n) is 2.21. The van der Waals surface area contributed by atoms with Crippen LogP contribution in [0.15, 0.2) is 53.5 Å². The molecule has 1 aliphatic rings. The standard InChI is InChI=1S/C13H14S/c1-3-7-12(8-4-1)11-14-13-9-5-2-6-10-13/h1,3-5,7-10H,2,6,11H2. The molecule has 0 spiro atoms. The second kappa shape index (κ2) is 5.06. The van der Waals surface area contributed by atoms with Crippen LogP contribution in [0.4, 0.5) is 0 Å². The van der Waals surface area contributed by atoms with Gasteiger partial charge in [-0.05, 0) is 18.4 Å². The van der Waals surface area contributed by atoms with Crippen LogP contribution in [0.25, 0.3) is 0 Å². The molecule has 0 radical (unpaired) electrons. The Hall–Kier alpha value is -0.950. The van der Waals surface area contributed by atoms with Crippen molar-refractivity contribution in [2.75, 3.05) is 0 Å². The summed E-state index contributed by atoms with van der Waals surface area (Å²) in [4.78, 5) is 1.42. The molecule has 1 aromatic carbocycles. The molecule has 0 atom stereocenters. The highest BCUT2D eigenvalue weighted by molar-refractivity contribution is 8.02. The van der Waals surface area contributed by atoms with E-state index in [1.54, 1.807) is 0 Å². The minimum atomic E-state index is 1.08. The van der Waals surface area contributed by atoms with Gasteiger partial charge < -0.3 is 0 Å². The van der Waals surface area contributed by atoms with E-state index in [0.717, 1.165) is 5.75 Å². The molecule has 0 fully saturated rings. The van der Waals surface area contributed by atoms with Crippen molar-refractivity contribution < 1.29 is 0 Å². The van der Waals surface area contributed by atoms with Crippen LogP contribution in [0.2, 0.25) is 0 Å². The van der Waals surface area contributed by atoms with Gasteiger partial charge in [0.05, 0.1) is 0 Å². The normalized spacial score (nSPS) is 15.3. The lowest BCUT2D eigenvalue weighted by Crippen LogP contribution is -1.83. The largest absolute Gasteiger partial charge is 0.122 e. The lowest BCUT2D eigenvalue weighted by Gasteiger charge is -2.06. The maximum Gasteiger partial charge on any atom is 0.0231 e. The minimum Gasteiger partial charge on any atom is -0.122 e. The molecule has 0 saturated carbocycles. The lowest BCUT2D eigenvalue weighted by molar-refractivity contribution is 1.03. The van der Waals surface area contributed by atoms with Crippen molar-refractivity contribution in [2.24, 2.45) is 0 Å². The Morgan fingerprint density at radius 2 is 1.93 bits per heavy atom. The smallest absolute Gasteiger partial charge is 0.0231 e. The molecular weight excluding hydrogens is 188 g/mol. The van der Waals surface area contributed by atoms with E-state index < -0.39 is 0 Å². The topological polar surface area (TPSA) is 0 Å². The van der Waals surface area contributed by atoms with Gasteiger partial charge in [-0.2, -0.15) is 0 Å². The molecule has 0 unspecified atom stereocenters. The zero-order valence-corrected chi connectivity index (χ0v) is 8.96. The molecule has 0 saturated heterocycles. The Morgan fingerprint density at radius 1 is 1.07 bits per heavy atom. The molecule has 14 heavy (non-hydrogen) atoms. The average Bonchev–Trinajstić information content (AvgIpc) is 2.29. The summed E-state index contributed by atoms with van der Waals surface area (Å²) in [6.45, 7) is 0. The van der Waals surface area contributed by atoms with Crippen molar-refractivity contribution in [3.63, 3.8) is 0 Å². The highest BCUT2D eigenvalue weighted by atomic mass is 32.2. The monoisotopic (exact) mass is 202 g/mol. The minimum absolute atomic E-state index is 1.08. The highest BCUT2D eigenvalue weighted by Gasteiger charge is 1.98. The molecule has 0 N–H and O–H groups in total. The fourth-order valence-corrected chi connectivity index (χ4v) is 2.39. The summed E-state index contributed by atoms with van der Waals surface area (Å²) in [5, 5.41) is 0. The van der Waals surface area contributed by atoms with Crippen LogP contribution >= 0.6 is 11.8 Å². The van der Waals surface area contributed by atoms with Crippen LogP contribution < -0.4 is 0 Å². The maximum absolute atomic E-state index is 2.33. The Kier molecular flexibility index (Phi) is 3.47. The maximum atomic E-state index is 2.33. The van der Waals surface area contributed by atoms with Gasteiger partial charge in [-0.3, -0.25) is 0 Å². The van der Waals surface area contributed by atoms with E-state index in [9.17, 15) is 0 Å². The zero-order valence-electron chi connectivity index (χ0n) is 8.15. The summed E-state index contributed by atoms with van der Waals surface area (Å²) in [6.07, 6.45) is 9.22. The first-order valence-corrected chi connectivity index (χ1v) is 5.97. The molecular formula is C13H14S. The van der Waals surface area contributed by atoms with Crippen LogP contribution in [-0.4, -0.2) is 0 Å². The number of hydrogen-bond acceptors (Lipinski definition) is 1. The quantitative estimate of drug-likeness (QED) is 0.709. The van der Waals surface area contributed by atoms with Gasteiger partial charge in [-0.15, -0.1) is 11.8 Å². The fourth-order valence-electron chi connectivity index (χ4n) is 1.44. The summed E-state index contributed by atoms with van der Waals surface area (Å²) in [5.41, 5.74) is 1.40.